The minimum atomic E-state index is -4.64. The molecular formula is C17H25ClF4N2. The summed E-state index contributed by atoms with van der Waals surface area (Å²) in [5, 5.41) is 3.26. The van der Waals surface area contributed by atoms with Crippen LogP contribution in [0.1, 0.15) is 49.8 Å². The fourth-order valence-corrected chi connectivity index (χ4v) is 3.11. The van der Waals surface area contributed by atoms with Gasteiger partial charge in [0.05, 0.1) is 5.56 Å². The molecule has 1 atom stereocenters. The van der Waals surface area contributed by atoms with Crippen molar-refractivity contribution in [3.8, 4) is 0 Å². The summed E-state index contributed by atoms with van der Waals surface area (Å²) in [6, 6.07) is 3.37. The van der Waals surface area contributed by atoms with Crippen LogP contribution in [0.5, 0.6) is 0 Å². The summed E-state index contributed by atoms with van der Waals surface area (Å²) < 4.78 is 52.1. The smallest absolute Gasteiger partial charge is 0.314 e. The lowest BCUT2D eigenvalue weighted by atomic mass is 9.96. The highest BCUT2D eigenvalue weighted by Crippen LogP contribution is 2.34. The number of piperazine rings is 1. The van der Waals surface area contributed by atoms with Crippen molar-refractivity contribution in [1.29, 1.82) is 0 Å². The third-order valence-electron chi connectivity index (χ3n) is 4.36. The molecule has 0 aliphatic carbocycles. The van der Waals surface area contributed by atoms with Gasteiger partial charge in [-0.1, -0.05) is 32.3 Å². The summed E-state index contributed by atoms with van der Waals surface area (Å²) in [4.78, 5) is 2.24. The second-order valence-electron chi connectivity index (χ2n) is 6.03. The predicted molar refractivity (Wildman–Crippen MR) is 90.0 cm³/mol. The Kier molecular flexibility index (Phi) is 8.46. The van der Waals surface area contributed by atoms with Gasteiger partial charge in [-0.15, -0.1) is 12.4 Å². The molecule has 0 amide bonds. The van der Waals surface area contributed by atoms with Crippen LogP contribution in [0.15, 0.2) is 18.2 Å². The van der Waals surface area contributed by atoms with E-state index in [1.165, 1.54) is 6.07 Å². The maximum atomic E-state index is 13.9. The van der Waals surface area contributed by atoms with Gasteiger partial charge in [-0.3, -0.25) is 4.90 Å². The summed E-state index contributed by atoms with van der Waals surface area (Å²) >= 11 is 0. The van der Waals surface area contributed by atoms with Gasteiger partial charge in [0.25, 0.3) is 0 Å². The summed E-state index contributed by atoms with van der Waals surface area (Å²) in [7, 11) is 0. The second-order valence-corrected chi connectivity index (χ2v) is 6.03. The van der Waals surface area contributed by atoms with Gasteiger partial charge in [-0.25, -0.2) is 4.39 Å². The zero-order chi connectivity index (χ0) is 16.9. The quantitative estimate of drug-likeness (QED) is 0.573. The molecule has 1 aliphatic rings. The van der Waals surface area contributed by atoms with E-state index in [1.54, 1.807) is 0 Å². The summed E-state index contributed by atoms with van der Waals surface area (Å²) in [5.41, 5.74) is -0.539. The maximum Gasteiger partial charge on any atom is 0.419 e. The first-order chi connectivity index (χ1) is 10.9. The lowest BCUT2D eigenvalue weighted by Gasteiger charge is -2.35. The van der Waals surface area contributed by atoms with Crippen LogP contribution in [-0.2, 0) is 6.18 Å². The molecule has 1 fully saturated rings. The highest BCUT2D eigenvalue weighted by molar-refractivity contribution is 5.85. The molecule has 1 N–H and O–H groups in total. The average molecular weight is 369 g/mol. The van der Waals surface area contributed by atoms with Gasteiger partial charge in [0.15, 0.2) is 0 Å². The minimum absolute atomic E-state index is 0. The largest absolute Gasteiger partial charge is 0.419 e. The van der Waals surface area contributed by atoms with Crippen LogP contribution in [0.3, 0.4) is 0 Å². The molecule has 1 aromatic rings. The molecule has 0 aromatic heterocycles. The van der Waals surface area contributed by atoms with E-state index in [1.807, 2.05) is 0 Å². The number of hydrogen-bond donors (Lipinski definition) is 1. The number of unbranched alkanes of at least 4 members (excludes halogenated alkanes) is 2. The monoisotopic (exact) mass is 368 g/mol. The Labute approximate surface area is 147 Å². The molecular weight excluding hydrogens is 344 g/mol. The molecule has 0 saturated carbocycles. The molecule has 1 heterocycles. The Balaban J connectivity index is 0.00000288. The summed E-state index contributed by atoms with van der Waals surface area (Å²) in [6.45, 7) is 5.48. The Morgan fingerprint density at radius 2 is 1.83 bits per heavy atom. The van der Waals surface area contributed by atoms with Crippen molar-refractivity contribution < 1.29 is 17.6 Å². The van der Waals surface area contributed by atoms with Crippen molar-refractivity contribution in [2.75, 3.05) is 26.2 Å². The summed E-state index contributed by atoms with van der Waals surface area (Å²) in [5.74, 6) is -1.18. The molecule has 1 saturated heterocycles. The van der Waals surface area contributed by atoms with E-state index in [4.69, 9.17) is 0 Å². The van der Waals surface area contributed by atoms with E-state index in [9.17, 15) is 17.6 Å². The zero-order valence-electron chi connectivity index (χ0n) is 13.8. The molecule has 138 valence electrons. The first-order valence-corrected chi connectivity index (χ1v) is 8.25. The lowest BCUT2D eigenvalue weighted by molar-refractivity contribution is -0.140. The number of benzene rings is 1. The molecule has 1 aliphatic heterocycles. The third-order valence-corrected chi connectivity index (χ3v) is 4.36. The molecule has 0 unspecified atom stereocenters. The van der Waals surface area contributed by atoms with Crippen LogP contribution < -0.4 is 5.32 Å². The molecule has 2 nitrogen and oxygen atoms in total. The van der Waals surface area contributed by atoms with Crippen molar-refractivity contribution in [3.63, 3.8) is 0 Å². The molecule has 1 aromatic carbocycles. The minimum Gasteiger partial charge on any atom is -0.314 e. The molecule has 0 bridgehead atoms. The van der Waals surface area contributed by atoms with E-state index in [0.29, 0.717) is 5.56 Å². The molecule has 7 heteroatoms. The number of hydrogen-bond acceptors (Lipinski definition) is 2. The van der Waals surface area contributed by atoms with Gasteiger partial charge in [-0.05, 0) is 24.1 Å². The number of halogens is 5. The highest BCUT2D eigenvalue weighted by Gasteiger charge is 2.34. The van der Waals surface area contributed by atoms with Crippen LogP contribution in [0, 0.1) is 5.82 Å². The van der Waals surface area contributed by atoms with Crippen LogP contribution in [0.4, 0.5) is 17.6 Å². The fourth-order valence-electron chi connectivity index (χ4n) is 3.11. The normalized spacial score (nSPS) is 17.4. The standard InChI is InChI=1S/C17H24F4N2.ClH/c1-2-3-4-5-16(23-10-8-22-9-11-23)13-6-7-14(15(18)12-13)17(19,20)21;/h6-7,12,16,22H,2-5,8-11H2,1H3;1H/t16-;/m1./s1. The molecule has 2 rings (SSSR count). The van der Waals surface area contributed by atoms with Crippen molar-refractivity contribution in [2.45, 2.75) is 44.8 Å². The average Bonchev–Trinajstić information content (AvgIpc) is 2.51. The van der Waals surface area contributed by atoms with E-state index < -0.39 is 17.6 Å². The Morgan fingerprint density at radius 3 is 2.38 bits per heavy atom. The van der Waals surface area contributed by atoms with E-state index >= 15 is 0 Å². The first kappa shape index (κ1) is 21.2. The fraction of sp³-hybridized carbons (Fsp3) is 0.647. The molecule has 24 heavy (non-hydrogen) atoms. The lowest BCUT2D eigenvalue weighted by Crippen LogP contribution is -2.45. The van der Waals surface area contributed by atoms with Gasteiger partial charge in [0.2, 0.25) is 0 Å². The van der Waals surface area contributed by atoms with Crippen LogP contribution in [0.2, 0.25) is 0 Å². The number of alkyl halides is 3. The van der Waals surface area contributed by atoms with Crippen LogP contribution in [0.25, 0.3) is 0 Å². The molecule has 0 radical (unpaired) electrons. The summed E-state index contributed by atoms with van der Waals surface area (Å²) in [6.07, 6.45) is -0.650. The van der Waals surface area contributed by atoms with Crippen LogP contribution >= 0.6 is 12.4 Å². The number of nitrogens with zero attached hydrogens (tertiary/aromatic N) is 1. The van der Waals surface area contributed by atoms with Gasteiger partial charge in [0.1, 0.15) is 5.82 Å². The molecule has 0 spiro atoms. The topological polar surface area (TPSA) is 15.3 Å². The Bertz CT molecular complexity index is 502. The second kappa shape index (κ2) is 9.59. The Hall–Kier alpha value is -0.850. The van der Waals surface area contributed by atoms with E-state index in [2.05, 4.69) is 17.1 Å². The maximum absolute atomic E-state index is 13.9. The van der Waals surface area contributed by atoms with Crippen molar-refractivity contribution >= 4 is 12.4 Å². The number of nitrogens with one attached hydrogen (secondary N) is 1. The number of rotatable bonds is 6. The van der Waals surface area contributed by atoms with Crippen molar-refractivity contribution in [1.82, 2.24) is 10.2 Å². The zero-order valence-corrected chi connectivity index (χ0v) is 14.7. The van der Waals surface area contributed by atoms with E-state index in [-0.39, 0.29) is 18.4 Å². The van der Waals surface area contributed by atoms with Crippen molar-refractivity contribution in [3.05, 3.63) is 35.1 Å². The van der Waals surface area contributed by atoms with Crippen molar-refractivity contribution in [2.24, 2.45) is 0 Å². The van der Waals surface area contributed by atoms with Gasteiger partial charge in [-0.2, -0.15) is 13.2 Å². The highest BCUT2D eigenvalue weighted by atomic mass is 35.5. The van der Waals surface area contributed by atoms with Gasteiger partial charge >= 0.3 is 6.18 Å². The van der Waals surface area contributed by atoms with E-state index in [0.717, 1.165) is 64.0 Å². The van der Waals surface area contributed by atoms with Gasteiger partial charge < -0.3 is 5.32 Å². The SMILES string of the molecule is CCCCC[C@H](c1ccc(C(F)(F)F)c(F)c1)N1CCNCC1.Cl. The first-order valence-electron chi connectivity index (χ1n) is 8.25. The predicted octanol–water partition coefficient (Wildman–Crippen LogP) is 4.79. The third kappa shape index (κ3) is 5.60. The Morgan fingerprint density at radius 1 is 1.17 bits per heavy atom. The van der Waals surface area contributed by atoms with Crippen LogP contribution in [-0.4, -0.2) is 31.1 Å². The van der Waals surface area contributed by atoms with Gasteiger partial charge in [0, 0.05) is 32.2 Å².